The van der Waals surface area contributed by atoms with E-state index in [0.29, 0.717) is 18.6 Å². The minimum Gasteiger partial charge on any atom is -0.352 e. The van der Waals surface area contributed by atoms with Gasteiger partial charge in [0.1, 0.15) is 0 Å². The first kappa shape index (κ1) is 19.6. The molecule has 0 aliphatic carbocycles. The maximum absolute atomic E-state index is 12.6. The van der Waals surface area contributed by atoms with Crippen LogP contribution in [-0.4, -0.2) is 67.1 Å². The number of rotatable bonds is 5. The maximum atomic E-state index is 12.6. The van der Waals surface area contributed by atoms with Gasteiger partial charge in [0.05, 0.1) is 6.54 Å². The highest BCUT2D eigenvalue weighted by molar-refractivity contribution is 6.31. The van der Waals surface area contributed by atoms with Crippen LogP contribution in [0.4, 0.5) is 0 Å². The average Bonchev–Trinajstić information content (AvgIpc) is 2.63. The van der Waals surface area contributed by atoms with Crippen LogP contribution < -0.4 is 10.6 Å². The van der Waals surface area contributed by atoms with Crippen LogP contribution in [-0.2, 0) is 4.79 Å². The summed E-state index contributed by atoms with van der Waals surface area (Å²) in [5.74, 6) is 0.131. The Balaban J connectivity index is 1.55. The van der Waals surface area contributed by atoms with Crippen LogP contribution in [0, 0.1) is 0 Å². The van der Waals surface area contributed by atoms with Crippen molar-refractivity contribution in [2.75, 3.05) is 39.3 Å². The van der Waals surface area contributed by atoms with Gasteiger partial charge in [0.25, 0.3) is 0 Å². The van der Waals surface area contributed by atoms with E-state index in [0.717, 1.165) is 56.2 Å². The molecule has 2 aliphatic rings. The van der Waals surface area contributed by atoms with Crippen LogP contribution >= 0.6 is 11.6 Å². The summed E-state index contributed by atoms with van der Waals surface area (Å²) in [6.45, 7) is 9.62. The van der Waals surface area contributed by atoms with Crippen molar-refractivity contribution in [1.29, 1.82) is 0 Å². The number of hydrogen-bond donors (Lipinski definition) is 2. The van der Waals surface area contributed by atoms with Crippen molar-refractivity contribution >= 4 is 17.5 Å². The lowest BCUT2D eigenvalue weighted by Gasteiger charge is -2.38. The number of carbonyl (C=O) groups is 1. The van der Waals surface area contributed by atoms with Crippen LogP contribution in [0.15, 0.2) is 24.3 Å². The lowest BCUT2D eigenvalue weighted by molar-refractivity contribution is -0.124. The third-order valence-corrected chi connectivity index (χ3v) is 5.93. The van der Waals surface area contributed by atoms with E-state index < -0.39 is 0 Å². The number of nitrogens with one attached hydrogen (secondary N) is 2. The number of carbonyl (C=O) groups excluding carboxylic acids is 1. The topological polar surface area (TPSA) is 47.6 Å². The second-order valence-electron chi connectivity index (χ2n) is 7.68. The van der Waals surface area contributed by atoms with Crippen LogP contribution in [0.25, 0.3) is 0 Å². The van der Waals surface area contributed by atoms with E-state index in [9.17, 15) is 4.79 Å². The van der Waals surface area contributed by atoms with E-state index in [4.69, 9.17) is 11.6 Å². The highest BCUT2D eigenvalue weighted by atomic mass is 35.5. The van der Waals surface area contributed by atoms with Crippen molar-refractivity contribution < 1.29 is 4.79 Å². The molecule has 0 aromatic heterocycles. The highest BCUT2D eigenvalue weighted by Crippen LogP contribution is 2.28. The normalized spacial score (nSPS) is 23.3. The number of piperidine rings is 1. The van der Waals surface area contributed by atoms with Crippen LogP contribution in [0.5, 0.6) is 0 Å². The summed E-state index contributed by atoms with van der Waals surface area (Å²) in [5, 5.41) is 7.45. The summed E-state index contributed by atoms with van der Waals surface area (Å²) in [6.07, 6.45) is 2.08. The molecule has 6 heteroatoms. The van der Waals surface area contributed by atoms with Crippen LogP contribution in [0.2, 0.25) is 5.02 Å². The molecule has 0 bridgehead atoms. The number of likely N-dealkylation sites (tertiary alicyclic amines) is 1. The molecule has 2 fully saturated rings. The van der Waals surface area contributed by atoms with Crippen molar-refractivity contribution in [3.05, 3.63) is 34.9 Å². The predicted molar refractivity (Wildman–Crippen MR) is 107 cm³/mol. The molecule has 1 aromatic carbocycles. The quantitative estimate of drug-likeness (QED) is 0.825. The largest absolute Gasteiger partial charge is 0.352 e. The molecular weight excluding hydrogens is 348 g/mol. The predicted octanol–water partition coefficient (Wildman–Crippen LogP) is 2.28. The third kappa shape index (κ3) is 4.97. The summed E-state index contributed by atoms with van der Waals surface area (Å²) >= 11 is 6.39. The monoisotopic (exact) mass is 378 g/mol. The average molecular weight is 379 g/mol. The lowest BCUT2D eigenvalue weighted by atomic mass is 10.0. The zero-order chi connectivity index (χ0) is 18.5. The van der Waals surface area contributed by atoms with Gasteiger partial charge in [0, 0.05) is 55.9 Å². The SMILES string of the molecule is CC(C)N1CCC(NC(=O)CN2CCNCC2c2ccccc2Cl)CC1. The van der Waals surface area contributed by atoms with Gasteiger partial charge in [-0.05, 0) is 38.3 Å². The first-order valence-electron chi connectivity index (χ1n) is 9.77. The molecule has 0 saturated carbocycles. The minimum absolute atomic E-state index is 0.131. The van der Waals surface area contributed by atoms with E-state index >= 15 is 0 Å². The van der Waals surface area contributed by atoms with Crippen molar-refractivity contribution in [2.24, 2.45) is 0 Å². The molecule has 1 amide bonds. The second-order valence-corrected chi connectivity index (χ2v) is 8.09. The molecule has 3 rings (SSSR count). The van der Waals surface area contributed by atoms with Gasteiger partial charge >= 0.3 is 0 Å². The molecule has 2 N–H and O–H groups in total. The summed E-state index contributed by atoms with van der Waals surface area (Å²) in [6, 6.07) is 8.98. The summed E-state index contributed by atoms with van der Waals surface area (Å²) in [5.41, 5.74) is 1.10. The second kappa shape index (κ2) is 9.18. The molecule has 5 nitrogen and oxygen atoms in total. The van der Waals surface area contributed by atoms with Crippen LogP contribution in [0.3, 0.4) is 0 Å². The number of piperazine rings is 1. The molecule has 1 aromatic rings. The molecule has 26 heavy (non-hydrogen) atoms. The van der Waals surface area contributed by atoms with Gasteiger partial charge < -0.3 is 15.5 Å². The number of halogens is 1. The Hall–Kier alpha value is -1.14. The fraction of sp³-hybridized carbons (Fsp3) is 0.650. The zero-order valence-electron chi connectivity index (χ0n) is 15.9. The van der Waals surface area contributed by atoms with Gasteiger partial charge in [0.15, 0.2) is 0 Å². The lowest BCUT2D eigenvalue weighted by Crippen LogP contribution is -2.52. The third-order valence-electron chi connectivity index (χ3n) is 5.59. The fourth-order valence-electron chi connectivity index (χ4n) is 4.01. The van der Waals surface area contributed by atoms with Crippen molar-refractivity contribution in [2.45, 2.75) is 44.8 Å². The molecular formula is C20H31ClN4O. The summed E-state index contributed by atoms with van der Waals surface area (Å²) in [4.78, 5) is 17.4. The van der Waals surface area contributed by atoms with Crippen molar-refractivity contribution in [3.8, 4) is 0 Å². The van der Waals surface area contributed by atoms with E-state index in [1.54, 1.807) is 0 Å². The number of amides is 1. The number of hydrogen-bond acceptors (Lipinski definition) is 4. The van der Waals surface area contributed by atoms with Gasteiger partial charge in [-0.25, -0.2) is 0 Å². The molecule has 2 saturated heterocycles. The van der Waals surface area contributed by atoms with Crippen molar-refractivity contribution in [1.82, 2.24) is 20.4 Å². The zero-order valence-corrected chi connectivity index (χ0v) is 16.6. The van der Waals surface area contributed by atoms with E-state index in [-0.39, 0.29) is 11.9 Å². The van der Waals surface area contributed by atoms with Gasteiger partial charge in [-0.15, -0.1) is 0 Å². The fourth-order valence-corrected chi connectivity index (χ4v) is 4.27. The number of benzene rings is 1. The van der Waals surface area contributed by atoms with E-state index in [1.165, 1.54) is 0 Å². The van der Waals surface area contributed by atoms with Crippen LogP contribution in [0.1, 0.15) is 38.3 Å². The number of nitrogens with zero attached hydrogens (tertiary/aromatic N) is 2. The van der Waals surface area contributed by atoms with E-state index in [2.05, 4.69) is 40.3 Å². The Morgan fingerprint density at radius 1 is 1.27 bits per heavy atom. The Morgan fingerprint density at radius 3 is 2.69 bits per heavy atom. The molecule has 1 unspecified atom stereocenters. The molecule has 2 aliphatic heterocycles. The first-order valence-corrected chi connectivity index (χ1v) is 10.1. The Labute approximate surface area is 162 Å². The smallest absolute Gasteiger partial charge is 0.234 e. The highest BCUT2D eigenvalue weighted by Gasteiger charge is 2.28. The Morgan fingerprint density at radius 2 is 2.00 bits per heavy atom. The Kier molecular flexibility index (Phi) is 6.92. The summed E-state index contributed by atoms with van der Waals surface area (Å²) < 4.78 is 0. The Bertz CT molecular complexity index is 601. The minimum atomic E-state index is 0.131. The molecule has 2 heterocycles. The maximum Gasteiger partial charge on any atom is 0.234 e. The molecule has 1 atom stereocenters. The van der Waals surface area contributed by atoms with Gasteiger partial charge in [-0.2, -0.15) is 0 Å². The van der Waals surface area contributed by atoms with E-state index in [1.807, 2.05) is 18.2 Å². The molecule has 144 valence electrons. The summed E-state index contributed by atoms with van der Waals surface area (Å²) in [7, 11) is 0. The molecule has 0 radical (unpaired) electrons. The van der Waals surface area contributed by atoms with Gasteiger partial charge in [-0.3, -0.25) is 9.69 Å². The van der Waals surface area contributed by atoms with Gasteiger partial charge in [-0.1, -0.05) is 29.8 Å². The van der Waals surface area contributed by atoms with Crippen molar-refractivity contribution in [3.63, 3.8) is 0 Å². The molecule has 0 spiro atoms. The standard InChI is InChI=1S/C20H31ClN4O/c1-15(2)24-10-7-16(8-11-24)23-20(26)14-25-12-9-22-13-19(25)17-5-3-4-6-18(17)21/h3-6,15-16,19,22H,7-14H2,1-2H3,(H,23,26). The first-order chi connectivity index (χ1) is 12.5. The van der Waals surface area contributed by atoms with Gasteiger partial charge in [0.2, 0.25) is 5.91 Å².